The zero-order valence-corrected chi connectivity index (χ0v) is 12.8. The largest absolute Gasteiger partial charge is 0.388 e. The number of ether oxygens (including phenoxy) is 4. The number of rotatable bonds is 5. The Balaban J connectivity index is 2.80. The Hall–Kier alpha value is 0.530. The molecule has 0 aromatic rings. The monoisotopic (exact) mass is 360 g/mol. The molecular formula is C11H21IO5. The number of aliphatic hydroxyl groups is 1. The van der Waals surface area contributed by atoms with E-state index in [-0.39, 0.29) is 12.2 Å². The van der Waals surface area contributed by atoms with E-state index in [0.29, 0.717) is 4.43 Å². The van der Waals surface area contributed by atoms with Crippen molar-refractivity contribution < 1.29 is 24.1 Å². The van der Waals surface area contributed by atoms with Crippen molar-refractivity contribution in [2.75, 3.05) is 18.6 Å². The molecule has 0 bridgehead atoms. The van der Waals surface area contributed by atoms with Crippen LogP contribution in [0.4, 0.5) is 0 Å². The predicted molar refractivity (Wildman–Crippen MR) is 71.4 cm³/mol. The average Bonchev–Trinajstić information content (AvgIpc) is 2.29. The van der Waals surface area contributed by atoms with Crippen LogP contribution in [0.1, 0.15) is 13.8 Å². The quantitative estimate of drug-likeness (QED) is 0.585. The van der Waals surface area contributed by atoms with E-state index in [9.17, 15) is 5.11 Å². The molecule has 17 heavy (non-hydrogen) atoms. The number of methoxy groups -OCH3 is 2. The predicted octanol–water partition coefficient (Wildman–Crippen LogP) is 0.962. The van der Waals surface area contributed by atoms with Gasteiger partial charge >= 0.3 is 0 Å². The highest BCUT2D eigenvalue weighted by atomic mass is 127. The van der Waals surface area contributed by atoms with Crippen LogP contribution >= 0.6 is 22.6 Å². The van der Waals surface area contributed by atoms with Gasteiger partial charge in [-0.1, -0.05) is 22.6 Å². The summed E-state index contributed by atoms with van der Waals surface area (Å²) in [5.74, 6) is 0. The maximum Gasteiger partial charge on any atom is 0.187 e. The molecule has 0 spiro atoms. The molecule has 0 amide bonds. The van der Waals surface area contributed by atoms with E-state index in [1.54, 1.807) is 14.2 Å². The average molecular weight is 360 g/mol. The Morgan fingerprint density at radius 1 is 1.24 bits per heavy atom. The topological polar surface area (TPSA) is 57.2 Å². The van der Waals surface area contributed by atoms with E-state index >= 15 is 0 Å². The van der Waals surface area contributed by atoms with Crippen molar-refractivity contribution in [2.24, 2.45) is 0 Å². The molecule has 6 heteroatoms. The zero-order chi connectivity index (χ0) is 13.0. The first kappa shape index (κ1) is 15.6. The van der Waals surface area contributed by atoms with Crippen molar-refractivity contribution in [3.8, 4) is 0 Å². The third kappa shape index (κ3) is 3.74. The Morgan fingerprint density at radius 3 is 2.24 bits per heavy atom. The second-order valence-electron chi connectivity index (χ2n) is 4.27. The maximum absolute atomic E-state index is 10.1. The van der Waals surface area contributed by atoms with Crippen LogP contribution in [0.15, 0.2) is 0 Å². The summed E-state index contributed by atoms with van der Waals surface area (Å²) >= 11 is 2.17. The molecule has 5 nitrogen and oxygen atoms in total. The summed E-state index contributed by atoms with van der Waals surface area (Å²) in [4.78, 5) is 0. The van der Waals surface area contributed by atoms with Crippen LogP contribution in [0.3, 0.4) is 0 Å². The molecule has 1 N–H and O–H groups in total. The highest BCUT2D eigenvalue weighted by molar-refractivity contribution is 14.1. The molecule has 1 fully saturated rings. The SMILES string of the molecule is CO[C@@H]1[C@@H](OC(C)C)O[C@H](CI)[C@@H](O)[C@@H]1OC. The molecule has 5 atom stereocenters. The summed E-state index contributed by atoms with van der Waals surface area (Å²) in [6.07, 6.45) is -2.33. The minimum Gasteiger partial charge on any atom is -0.388 e. The van der Waals surface area contributed by atoms with Gasteiger partial charge < -0.3 is 24.1 Å². The van der Waals surface area contributed by atoms with Crippen molar-refractivity contribution in [2.45, 2.75) is 50.7 Å². The summed E-state index contributed by atoms with van der Waals surface area (Å²) in [7, 11) is 3.12. The van der Waals surface area contributed by atoms with Crippen molar-refractivity contribution >= 4 is 22.6 Å². The van der Waals surface area contributed by atoms with Gasteiger partial charge in [-0.2, -0.15) is 0 Å². The number of hydrogen-bond donors (Lipinski definition) is 1. The Labute approximate surface area is 116 Å². The molecule has 0 aliphatic carbocycles. The lowest BCUT2D eigenvalue weighted by molar-refractivity contribution is -0.307. The summed E-state index contributed by atoms with van der Waals surface area (Å²) in [6, 6.07) is 0. The molecule has 102 valence electrons. The number of alkyl halides is 1. The molecule has 0 saturated carbocycles. The third-order valence-corrected chi connectivity index (χ3v) is 3.59. The number of halogens is 1. The lowest BCUT2D eigenvalue weighted by Gasteiger charge is -2.43. The van der Waals surface area contributed by atoms with Crippen LogP contribution < -0.4 is 0 Å². The zero-order valence-electron chi connectivity index (χ0n) is 10.6. The van der Waals surface area contributed by atoms with Gasteiger partial charge in [-0.3, -0.25) is 0 Å². The molecule has 1 heterocycles. The van der Waals surface area contributed by atoms with Crippen LogP contribution in [0.5, 0.6) is 0 Å². The second-order valence-corrected chi connectivity index (χ2v) is 5.15. The second kappa shape index (κ2) is 7.20. The lowest BCUT2D eigenvalue weighted by Crippen LogP contribution is -2.60. The van der Waals surface area contributed by atoms with E-state index in [2.05, 4.69) is 22.6 Å². The first-order valence-electron chi connectivity index (χ1n) is 5.65. The standard InChI is InChI=1S/C11H21IO5/c1-6(2)16-11-10(15-4)9(14-3)8(13)7(5-12)17-11/h6-11,13H,5H2,1-4H3/t7-,8-,9+,10+,11+/m1/s1. The lowest BCUT2D eigenvalue weighted by atomic mass is 9.99. The molecule has 1 rings (SSSR count). The van der Waals surface area contributed by atoms with Crippen LogP contribution in [0.25, 0.3) is 0 Å². The van der Waals surface area contributed by atoms with Gasteiger partial charge in [0.05, 0.1) is 12.2 Å². The summed E-state index contributed by atoms with van der Waals surface area (Å²) < 4.78 is 22.7. The van der Waals surface area contributed by atoms with E-state index in [4.69, 9.17) is 18.9 Å². The highest BCUT2D eigenvalue weighted by Gasteiger charge is 2.46. The molecule has 0 aromatic heterocycles. The summed E-state index contributed by atoms with van der Waals surface area (Å²) in [6.45, 7) is 3.87. The molecule has 0 radical (unpaired) electrons. The first-order valence-corrected chi connectivity index (χ1v) is 7.18. The van der Waals surface area contributed by atoms with Crippen LogP contribution in [-0.4, -0.2) is 60.6 Å². The minimum atomic E-state index is -0.700. The molecule has 1 saturated heterocycles. The van der Waals surface area contributed by atoms with Crippen molar-refractivity contribution in [3.63, 3.8) is 0 Å². The number of aliphatic hydroxyl groups excluding tert-OH is 1. The third-order valence-electron chi connectivity index (χ3n) is 2.72. The van der Waals surface area contributed by atoms with Crippen LogP contribution in [0.2, 0.25) is 0 Å². The van der Waals surface area contributed by atoms with Crippen LogP contribution in [-0.2, 0) is 18.9 Å². The van der Waals surface area contributed by atoms with Gasteiger partial charge in [0, 0.05) is 18.6 Å². The van der Waals surface area contributed by atoms with Gasteiger partial charge in [-0.05, 0) is 13.8 Å². The molecule has 0 aromatic carbocycles. The summed E-state index contributed by atoms with van der Waals surface area (Å²) in [5.41, 5.74) is 0. The van der Waals surface area contributed by atoms with Gasteiger partial charge in [-0.15, -0.1) is 0 Å². The van der Waals surface area contributed by atoms with E-state index < -0.39 is 24.6 Å². The molecule has 1 aliphatic rings. The molecule has 0 unspecified atom stereocenters. The Kier molecular flexibility index (Phi) is 6.60. The molecular weight excluding hydrogens is 339 g/mol. The van der Waals surface area contributed by atoms with Gasteiger partial charge in [-0.25, -0.2) is 0 Å². The molecule has 1 aliphatic heterocycles. The van der Waals surface area contributed by atoms with Gasteiger partial charge in [0.1, 0.15) is 18.3 Å². The van der Waals surface area contributed by atoms with E-state index in [1.165, 1.54) is 0 Å². The fourth-order valence-electron chi connectivity index (χ4n) is 1.92. The Bertz CT molecular complexity index is 226. The fourth-order valence-corrected chi connectivity index (χ4v) is 2.64. The van der Waals surface area contributed by atoms with Crippen LogP contribution in [0, 0.1) is 0 Å². The van der Waals surface area contributed by atoms with E-state index in [1.807, 2.05) is 13.8 Å². The number of hydrogen-bond acceptors (Lipinski definition) is 5. The van der Waals surface area contributed by atoms with Gasteiger partial charge in [0.2, 0.25) is 0 Å². The first-order chi connectivity index (χ1) is 8.04. The van der Waals surface area contributed by atoms with Crippen molar-refractivity contribution in [1.29, 1.82) is 0 Å². The van der Waals surface area contributed by atoms with Gasteiger partial charge in [0.25, 0.3) is 0 Å². The fraction of sp³-hybridized carbons (Fsp3) is 1.00. The smallest absolute Gasteiger partial charge is 0.187 e. The van der Waals surface area contributed by atoms with Crippen molar-refractivity contribution in [1.82, 2.24) is 0 Å². The van der Waals surface area contributed by atoms with E-state index in [0.717, 1.165) is 0 Å². The van der Waals surface area contributed by atoms with Crippen molar-refractivity contribution in [3.05, 3.63) is 0 Å². The Morgan fingerprint density at radius 2 is 1.82 bits per heavy atom. The van der Waals surface area contributed by atoms with Gasteiger partial charge in [0.15, 0.2) is 6.29 Å². The minimum absolute atomic E-state index is 0.0280. The normalized spacial score (nSPS) is 38.6. The summed E-state index contributed by atoms with van der Waals surface area (Å²) in [5, 5.41) is 10.1. The highest BCUT2D eigenvalue weighted by Crippen LogP contribution is 2.27. The maximum atomic E-state index is 10.1.